The number of nitrogens with one attached hydrogen (secondary N) is 1. The molecule has 98 valence electrons. The Morgan fingerprint density at radius 1 is 1.32 bits per heavy atom. The van der Waals surface area contributed by atoms with Gasteiger partial charge in [-0.3, -0.25) is 4.79 Å². The van der Waals surface area contributed by atoms with Crippen LogP contribution in [0.5, 0.6) is 0 Å². The third-order valence-electron chi connectivity index (χ3n) is 2.25. The molecule has 0 saturated heterocycles. The van der Waals surface area contributed by atoms with Crippen molar-refractivity contribution in [2.24, 2.45) is 0 Å². The minimum Gasteiger partial charge on any atom is -0.317 e. The van der Waals surface area contributed by atoms with Crippen molar-refractivity contribution >= 4 is 39.1 Å². The van der Waals surface area contributed by atoms with E-state index in [0.29, 0.717) is 0 Å². The van der Waals surface area contributed by atoms with E-state index in [1.807, 2.05) is 0 Å². The van der Waals surface area contributed by atoms with Crippen molar-refractivity contribution in [2.75, 3.05) is 5.32 Å². The van der Waals surface area contributed by atoms with Gasteiger partial charge in [-0.25, -0.2) is 13.8 Å². The molecular formula is C12H6BrClF2N2O. The average molecular weight is 348 g/mol. The number of carbonyl (C=O) groups is 1. The predicted octanol–water partition coefficient (Wildman–Crippen LogP) is 4.03. The molecule has 3 nitrogen and oxygen atoms in total. The van der Waals surface area contributed by atoms with E-state index in [-0.39, 0.29) is 15.2 Å². The van der Waals surface area contributed by atoms with Crippen LogP contribution in [0.4, 0.5) is 14.5 Å². The van der Waals surface area contributed by atoms with Crippen molar-refractivity contribution in [1.82, 2.24) is 4.98 Å². The first-order valence-electron chi connectivity index (χ1n) is 5.05. The highest BCUT2D eigenvalue weighted by Crippen LogP contribution is 2.24. The first-order chi connectivity index (χ1) is 8.99. The summed E-state index contributed by atoms with van der Waals surface area (Å²) in [5.41, 5.74) is -0.501. The summed E-state index contributed by atoms with van der Waals surface area (Å²) in [5.74, 6) is -2.52. The topological polar surface area (TPSA) is 42.0 Å². The molecule has 0 radical (unpaired) electrons. The molecule has 0 saturated carbocycles. The van der Waals surface area contributed by atoms with Gasteiger partial charge in [0.15, 0.2) is 11.6 Å². The number of hydrogen-bond donors (Lipinski definition) is 1. The van der Waals surface area contributed by atoms with Gasteiger partial charge in [-0.2, -0.15) is 0 Å². The number of aromatic nitrogens is 1. The molecule has 7 heteroatoms. The molecule has 19 heavy (non-hydrogen) atoms. The molecule has 0 unspecified atom stereocenters. The van der Waals surface area contributed by atoms with Crippen LogP contribution in [-0.4, -0.2) is 10.9 Å². The molecule has 2 rings (SSSR count). The van der Waals surface area contributed by atoms with Gasteiger partial charge in [0.05, 0.1) is 5.56 Å². The molecule has 0 spiro atoms. The summed E-state index contributed by atoms with van der Waals surface area (Å²) < 4.78 is 27.3. The molecule has 2 aromatic rings. The van der Waals surface area contributed by atoms with Crippen LogP contribution in [0.25, 0.3) is 0 Å². The third kappa shape index (κ3) is 3.08. The summed E-state index contributed by atoms with van der Waals surface area (Å²) in [4.78, 5) is 15.6. The zero-order chi connectivity index (χ0) is 14.0. The molecule has 1 amide bonds. The highest BCUT2D eigenvalue weighted by molar-refractivity contribution is 9.10. The molecule has 0 aliphatic carbocycles. The standard InChI is InChI=1S/C12H6BrClF2N2O/c13-6-4-8(15)10(9(16)5-6)18-12(19)7-2-1-3-17-11(7)14/h1-5H,(H,18,19). The monoisotopic (exact) mass is 346 g/mol. The first kappa shape index (κ1) is 13.9. The molecule has 0 atom stereocenters. The predicted molar refractivity (Wildman–Crippen MR) is 71.3 cm³/mol. The normalized spacial score (nSPS) is 10.3. The van der Waals surface area contributed by atoms with Gasteiger partial charge in [-0.05, 0) is 24.3 Å². The maximum absolute atomic E-state index is 13.6. The number of carbonyl (C=O) groups excluding carboxylic acids is 1. The van der Waals surface area contributed by atoms with E-state index in [1.165, 1.54) is 18.3 Å². The molecular weight excluding hydrogens is 341 g/mol. The zero-order valence-electron chi connectivity index (χ0n) is 9.25. The van der Waals surface area contributed by atoms with Gasteiger partial charge < -0.3 is 5.32 Å². The van der Waals surface area contributed by atoms with Crippen LogP contribution in [0, 0.1) is 11.6 Å². The Morgan fingerprint density at radius 3 is 2.53 bits per heavy atom. The van der Waals surface area contributed by atoms with E-state index in [0.717, 1.165) is 12.1 Å². The van der Waals surface area contributed by atoms with E-state index in [9.17, 15) is 13.6 Å². The zero-order valence-corrected chi connectivity index (χ0v) is 11.6. The first-order valence-corrected chi connectivity index (χ1v) is 6.22. The second-order valence-electron chi connectivity index (χ2n) is 3.54. The summed E-state index contributed by atoms with van der Waals surface area (Å²) >= 11 is 8.67. The summed E-state index contributed by atoms with van der Waals surface area (Å²) in [6.07, 6.45) is 1.40. The maximum Gasteiger partial charge on any atom is 0.258 e. The van der Waals surface area contributed by atoms with Crippen LogP contribution in [-0.2, 0) is 0 Å². The van der Waals surface area contributed by atoms with Crippen LogP contribution in [0.15, 0.2) is 34.9 Å². The molecule has 0 aliphatic heterocycles. The highest BCUT2D eigenvalue weighted by Gasteiger charge is 2.16. The van der Waals surface area contributed by atoms with Crippen molar-refractivity contribution in [3.63, 3.8) is 0 Å². The summed E-state index contributed by atoms with van der Waals surface area (Å²) in [6, 6.07) is 4.99. The number of hydrogen-bond acceptors (Lipinski definition) is 2. The van der Waals surface area contributed by atoms with Crippen LogP contribution < -0.4 is 5.32 Å². The minimum atomic E-state index is -0.889. The minimum absolute atomic E-state index is 0.0332. The molecule has 1 heterocycles. The van der Waals surface area contributed by atoms with E-state index in [1.54, 1.807) is 0 Å². The summed E-state index contributed by atoms with van der Waals surface area (Å²) in [7, 11) is 0. The largest absolute Gasteiger partial charge is 0.317 e. The number of halogens is 4. The second-order valence-corrected chi connectivity index (χ2v) is 4.81. The molecule has 0 bridgehead atoms. The maximum atomic E-state index is 13.6. The van der Waals surface area contributed by atoms with Gasteiger partial charge in [0.1, 0.15) is 10.8 Å². The van der Waals surface area contributed by atoms with Crippen molar-refractivity contribution in [2.45, 2.75) is 0 Å². The van der Waals surface area contributed by atoms with Crippen molar-refractivity contribution in [3.05, 3.63) is 57.3 Å². The Hall–Kier alpha value is -1.53. The smallest absolute Gasteiger partial charge is 0.258 e. The van der Waals surface area contributed by atoms with Crippen LogP contribution in [0.2, 0.25) is 5.15 Å². The summed E-state index contributed by atoms with van der Waals surface area (Å²) in [5, 5.41) is 2.09. The quantitative estimate of drug-likeness (QED) is 0.834. The van der Waals surface area contributed by atoms with Crippen LogP contribution in [0.1, 0.15) is 10.4 Å². The summed E-state index contributed by atoms with van der Waals surface area (Å²) in [6.45, 7) is 0. The number of benzene rings is 1. The second kappa shape index (κ2) is 5.63. The Morgan fingerprint density at radius 2 is 1.95 bits per heavy atom. The van der Waals surface area contributed by atoms with E-state index >= 15 is 0 Å². The fourth-order valence-electron chi connectivity index (χ4n) is 1.40. The lowest BCUT2D eigenvalue weighted by atomic mass is 10.2. The molecule has 1 aromatic carbocycles. The average Bonchev–Trinajstić information content (AvgIpc) is 2.34. The molecule has 0 fully saturated rings. The number of nitrogens with zero attached hydrogens (tertiary/aromatic N) is 1. The van der Waals surface area contributed by atoms with Gasteiger partial charge in [0.25, 0.3) is 5.91 Å². The van der Waals surface area contributed by atoms with E-state index in [4.69, 9.17) is 11.6 Å². The van der Waals surface area contributed by atoms with Crippen molar-refractivity contribution in [1.29, 1.82) is 0 Å². The SMILES string of the molecule is O=C(Nc1c(F)cc(Br)cc1F)c1cccnc1Cl. The van der Waals surface area contributed by atoms with Crippen LogP contribution >= 0.6 is 27.5 Å². The Bertz CT molecular complexity index is 628. The van der Waals surface area contributed by atoms with Gasteiger partial charge in [-0.1, -0.05) is 27.5 Å². The molecule has 1 aromatic heterocycles. The van der Waals surface area contributed by atoms with E-state index in [2.05, 4.69) is 26.2 Å². The Labute approximate surface area is 120 Å². The molecule has 0 aliphatic rings. The van der Waals surface area contributed by atoms with Gasteiger partial charge >= 0.3 is 0 Å². The number of rotatable bonds is 2. The highest BCUT2D eigenvalue weighted by atomic mass is 79.9. The lowest BCUT2D eigenvalue weighted by Gasteiger charge is -2.08. The lowest BCUT2D eigenvalue weighted by molar-refractivity contribution is 0.102. The van der Waals surface area contributed by atoms with Gasteiger partial charge in [-0.15, -0.1) is 0 Å². The Kier molecular flexibility index (Phi) is 4.11. The number of anilines is 1. The van der Waals surface area contributed by atoms with Gasteiger partial charge in [0, 0.05) is 10.7 Å². The van der Waals surface area contributed by atoms with E-state index < -0.39 is 23.2 Å². The number of amides is 1. The third-order valence-corrected chi connectivity index (χ3v) is 3.01. The fourth-order valence-corrected chi connectivity index (χ4v) is 2.01. The van der Waals surface area contributed by atoms with Crippen molar-refractivity contribution in [3.8, 4) is 0 Å². The van der Waals surface area contributed by atoms with Crippen LogP contribution in [0.3, 0.4) is 0 Å². The lowest BCUT2D eigenvalue weighted by Crippen LogP contribution is -2.15. The fraction of sp³-hybridized carbons (Fsp3) is 0. The number of pyridine rings is 1. The molecule has 1 N–H and O–H groups in total. The van der Waals surface area contributed by atoms with Crippen molar-refractivity contribution < 1.29 is 13.6 Å². The van der Waals surface area contributed by atoms with Gasteiger partial charge in [0.2, 0.25) is 0 Å². The Balaban J connectivity index is 2.32.